The molecule has 0 N–H and O–H groups in total. The van der Waals surface area contributed by atoms with Crippen LogP contribution in [0.15, 0.2) is 77.7 Å². The van der Waals surface area contributed by atoms with Gasteiger partial charge in [0.05, 0.1) is 19.1 Å². The molecule has 3 aromatic carbocycles. The van der Waals surface area contributed by atoms with E-state index in [4.69, 9.17) is 9.47 Å². The number of methoxy groups -OCH3 is 2. The summed E-state index contributed by atoms with van der Waals surface area (Å²) in [6.07, 6.45) is 0. The summed E-state index contributed by atoms with van der Waals surface area (Å²) in [6.45, 7) is 2.45. The molecule has 3 rings (SSSR count). The van der Waals surface area contributed by atoms with Crippen LogP contribution in [0.25, 0.3) is 0 Å². The topological polar surface area (TPSA) is 55.8 Å². The maximum Gasteiger partial charge on any atom is 0.243 e. The molecule has 152 valence electrons. The normalized spacial score (nSPS) is 11.4. The molecular formula is C23H25NO4S. The van der Waals surface area contributed by atoms with E-state index in [0.29, 0.717) is 0 Å². The largest absolute Gasteiger partial charge is 0.497 e. The molecule has 0 radical (unpaired) electrons. The summed E-state index contributed by atoms with van der Waals surface area (Å²) in [5, 5.41) is 0. The monoisotopic (exact) mass is 411 g/mol. The van der Waals surface area contributed by atoms with Crippen molar-refractivity contribution in [2.45, 2.75) is 24.9 Å². The van der Waals surface area contributed by atoms with E-state index in [9.17, 15) is 8.42 Å². The fourth-order valence-electron chi connectivity index (χ4n) is 2.95. The van der Waals surface area contributed by atoms with Crippen molar-refractivity contribution in [2.24, 2.45) is 0 Å². The summed E-state index contributed by atoms with van der Waals surface area (Å²) >= 11 is 0. The first kappa shape index (κ1) is 20.9. The van der Waals surface area contributed by atoms with Gasteiger partial charge < -0.3 is 9.47 Å². The molecule has 0 unspecified atom stereocenters. The van der Waals surface area contributed by atoms with Crippen molar-refractivity contribution in [3.8, 4) is 11.5 Å². The highest BCUT2D eigenvalue weighted by Crippen LogP contribution is 2.23. The van der Waals surface area contributed by atoms with Crippen molar-refractivity contribution in [2.75, 3.05) is 14.2 Å². The summed E-state index contributed by atoms with van der Waals surface area (Å²) in [7, 11) is -0.467. The predicted octanol–water partition coefficient (Wildman–Crippen LogP) is 4.40. The second kappa shape index (κ2) is 9.11. The summed E-state index contributed by atoms with van der Waals surface area (Å²) in [4.78, 5) is 0.283. The Morgan fingerprint density at radius 2 is 1.10 bits per heavy atom. The lowest BCUT2D eigenvalue weighted by Crippen LogP contribution is -2.30. The van der Waals surface area contributed by atoms with Crippen LogP contribution in [0.1, 0.15) is 16.7 Å². The van der Waals surface area contributed by atoms with E-state index in [1.165, 1.54) is 4.31 Å². The summed E-state index contributed by atoms with van der Waals surface area (Å²) in [6, 6.07) is 21.8. The molecule has 0 atom stereocenters. The molecule has 0 aliphatic rings. The number of rotatable bonds is 8. The Morgan fingerprint density at radius 3 is 1.48 bits per heavy atom. The zero-order valence-electron chi connectivity index (χ0n) is 16.8. The summed E-state index contributed by atoms with van der Waals surface area (Å²) < 4.78 is 38.6. The Hall–Kier alpha value is -2.83. The molecular weight excluding hydrogens is 386 g/mol. The van der Waals surface area contributed by atoms with Crippen LogP contribution < -0.4 is 9.47 Å². The van der Waals surface area contributed by atoms with E-state index in [1.807, 2.05) is 67.6 Å². The molecule has 0 heterocycles. The third-order valence-corrected chi connectivity index (χ3v) is 6.50. The lowest BCUT2D eigenvalue weighted by molar-refractivity contribution is 0.397. The molecule has 0 spiro atoms. The van der Waals surface area contributed by atoms with Gasteiger partial charge in [-0.3, -0.25) is 0 Å². The van der Waals surface area contributed by atoms with Crippen LogP contribution in [0.2, 0.25) is 0 Å². The van der Waals surface area contributed by atoms with Crippen molar-refractivity contribution in [1.82, 2.24) is 4.31 Å². The fraction of sp³-hybridized carbons (Fsp3) is 0.217. The minimum Gasteiger partial charge on any atom is -0.497 e. The van der Waals surface area contributed by atoms with Gasteiger partial charge in [-0.15, -0.1) is 0 Å². The minimum atomic E-state index is -3.67. The third kappa shape index (κ3) is 5.16. The van der Waals surface area contributed by atoms with Gasteiger partial charge in [0, 0.05) is 13.1 Å². The zero-order chi connectivity index (χ0) is 20.9. The van der Waals surface area contributed by atoms with E-state index >= 15 is 0 Å². The molecule has 29 heavy (non-hydrogen) atoms. The first-order chi connectivity index (χ1) is 13.9. The van der Waals surface area contributed by atoms with Crippen LogP contribution in [0.4, 0.5) is 0 Å². The van der Waals surface area contributed by atoms with Crippen LogP contribution in [0, 0.1) is 6.92 Å². The second-order valence-corrected chi connectivity index (χ2v) is 8.72. The summed E-state index contributed by atoms with van der Waals surface area (Å²) in [5.41, 5.74) is 2.78. The van der Waals surface area contributed by atoms with Crippen LogP contribution >= 0.6 is 0 Å². The maximum absolute atomic E-state index is 13.4. The van der Waals surface area contributed by atoms with Gasteiger partial charge in [-0.1, -0.05) is 42.0 Å². The second-order valence-electron chi connectivity index (χ2n) is 6.78. The number of sulfonamides is 1. The SMILES string of the molecule is COc1ccc(CN(Cc2ccc(OC)cc2)S(=O)(=O)c2ccc(C)cc2)cc1. The van der Waals surface area contributed by atoms with E-state index in [-0.39, 0.29) is 18.0 Å². The average molecular weight is 412 g/mol. The van der Waals surface area contributed by atoms with Gasteiger partial charge in [-0.2, -0.15) is 4.31 Å². The molecule has 0 aliphatic heterocycles. The first-order valence-corrected chi connectivity index (χ1v) is 10.7. The van der Waals surface area contributed by atoms with Gasteiger partial charge in [0.2, 0.25) is 10.0 Å². The van der Waals surface area contributed by atoms with Crippen molar-refractivity contribution >= 4 is 10.0 Å². The number of benzene rings is 3. The lowest BCUT2D eigenvalue weighted by Gasteiger charge is -2.23. The number of nitrogens with zero attached hydrogens (tertiary/aromatic N) is 1. The molecule has 0 fully saturated rings. The first-order valence-electron chi connectivity index (χ1n) is 9.25. The van der Waals surface area contributed by atoms with Crippen molar-refractivity contribution in [3.05, 3.63) is 89.5 Å². The molecule has 0 aromatic heterocycles. The van der Waals surface area contributed by atoms with E-state index < -0.39 is 10.0 Å². The highest BCUT2D eigenvalue weighted by molar-refractivity contribution is 7.89. The van der Waals surface area contributed by atoms with Gasteiger partial charge >= 0.3 is 0 Å². The quantitative estimate of drug-likeness (QED) is 0.551. The van der Waals surface area contributed by atoms with Crippen LogP contribution in [-0.2, 0) is 23.1 Å². The zero-order valence-corrected chi connectivity index (χ0v) is 17.6. The number of hydrogen-bond donors (Lipinski definition) is 0. The number of aryl methyl sites for hydroxylation is 1. The van der Waals surface area contributed by atoms with Gasteiger partial charge in [0.1, 0.15) is 11.5 Å². The Kier molecular flexibility index (Phi) is 6.56. The van der Waals surface area contributed by atoms with Crippen molar-refractivity contribution in [3.63, 3.8) is 0 Å². The maximum atomic E-state index is 13.4. The molecule has 0 saturated heterocycles. The molecule has 3 aromatic rings. The minimum absolute atomic E-state index is 0.256. The molecule has 0 aliphatic carbocycles. The molecule has 0 amide bonds. The Morgan fingerprint density at radius 1 is 0.690 bits per heavy atom. The third-order valence-electron chi connectivity index (χ3n) is 4.69. The number of hydrogen-bond acceptors (Lipinski definition) is 4. The highest BCUT2D eigenvalue weighted by atomic mass is 32.2. The van der Waals surface area contributed by atoms with E-state index in [0.717, 1.165) is 28.2 Å². The Bertz CT molecular complexity index is 978. The molecule has 0 bridgehead atoms. The Labute approximate surface area is 172 Å². The fourth-order valence-corrected chi connectivity index (χ4v) is 4.37. The van der Waals surface area contributed by atoms with Gasteiger partial charge in [0.25, 0.3) is 0 Å². The van der Waals surface area contributed by atoms with Gasteiger partial charge in [0.15, 0.2) is 0 Å². The molecule has 6 heteroatoms. The standard InChI is InChI=1S/C23H25NO4S/c1-18-4-14-23(15-5-18)29(25,26)24(16-19-6-10-21(27-2)11-7-19)17-20-8-12-22(28-3)13-9-20/h4-15H,16-17H2,1-3H3. The average Bonchev–Trinajstić information content (AvgIpc) is 2.74. The molecule has 0 saturated carbocycles. The lowest BCUT2D eigenvalue weighted by atomic mass is 10.2. The van der Waals surface area contributed by atoms with Crippen LogP contribution in [-0.4, -0.2) is 26.9 Å². The predicted molar refractivity (Wildman–Crippen MR) is 114 cm³/mol. The van der Waals surface area contributed by atoms with Crippen molar-refractivity contribution in [1.29, 1.82) is 0 Å². The van der Waals surface area contributed by atoms with Crippen LogP contribution in [0.3, 0.4) is 0 Å². The van der Waals surface area contributed by atoms with E-state index in [1.54, 1.807) is 26.4 Å². The highest BCUT2D eigenvalue weighted by Gasteiger charge is 2.25. The van der Waals surface area contributed by atoms with Gasteiger partial charge in [-0.05, 0) is 54.4 Å². The number of ether oxygens (including phenoxy) is 2. The smallest absolute Gasteiger partial charge is 0.243 e. The Balaban J connectivity index is 1.93. The summed E-state index contributed by atoms with van der Waals surface area (Å²) in [5.74, 6) is 1.47. The van der Waals surface area contributed by atoms with Gasteiger partial charge in [-0.25, -0.2) is 8.42 Å². The van der Waals surface area contributed by atoms with E-state index in [2.05, 4.69) is 0 Å². The van der Waals surface area contributed by atoms with Crippen molar-refractivity contribution < 1.29 is 17.9 Å². The van der Waals surface area contributed by atoms with Crippen LogP contribution in [0.5, 0.6) is 11.5 Å². The molecule has 5 nitrogen and oxygen atoms in total.